The summed E-state index contributed by atoms with van der Waals surface area (Å²) in [6.07, 6.45) is 0. The number of hydrogen-bond donors (Lipinski definition) is 0. The molecule has 0 saturated heterocycles. The van der Waals surface area contributed by atoms with Gasteiger partial charge >= 0.3 is 0 Å². The van der Waals surface area contributed by atoms with Crippen LogP contribution in [0.4, 0.5) is 5.69 Å². The highest BCUT2D eigenvalue weighted by Gasteiger charge is 2.18. The molecule has 2 aromatic heterocycles. The summed E-state index contributed by atoms with van der Waals surface area (Å²) in [5.41, 5.74) is 9.42. The van der Waals surface area contributed by atoms with Crippen molar-refractivity contribution in [2.75, 3.05) is 0 Å². The van der Waals surface area contributed by atoms with Crippen molar-refractivity contribution >= 4 is 59.9 Å². The molecular formula is C52H30N4O. The summed E-state index contributed by atoms with van der Waals surface area (Å²) in [6, 6.07) is 62.7. The third kappa shape index (κ3) is 5.67. The van der Waals surface area contributed by atoms with E-state index in [0.29, 0.717) is 23.2 Å². The molecule has 0 aliphatic carbocycles. The summed E-state index contributed by atoms with van der Waals surface area (Å²) in [4.78, 5) is 18.9. The Morgan fingerprint density at radius 2 is 0.842 bits per heavy atom. The summed E-state index contributed by atoms with van der Waals surface area (Å²) in [7, 11) is 0. The number of aromatic nitrogens is 3. The lowest BCUT2D eigenvalue weighted by Gasteiger charge is -2.10. The zero-order valence-electron chi connectivity index (χ0n) is 30.5. The first-order chi connectivity index (χ1) is 28.1. The van der Waals surface area contributed by atoms with Gasteiger partial charge in [0.2, 0.25) is 0 Å². The van der Waals surface area contributed by atoms with E-state index in [1.807, 2.05) is 36.4 Å². The van der Waals surface area contributed by atoms with Crippen LogP contribution in [0, 0.1) is 6.57 Å². The van der Waals surface area contributed by atoms with Crippen LogP contribution in [-0.4, -0.2) is 15.0 Å². The molecule has 0 bridgehead atoms. The van der Waals surface area contributed by atoms with Gasteiger partial charge in [-0.15, -0.1) is 0 Å². The van der Waals surface area contributed by atoms with E-state index in [-0.39, 0.29) is 0 Å². The second-order valence-electron chi connectivity index (χ2n) is 14.3. The Hall–Kier alpha value is -7.94. The van der Waals surface area contributed by atoms with Gasteiger partial charge in [-0.25, -0.2) is 19.8 Å². The summed E-state index contributed by atoms with van der Waals surface area (Å²) in [6.45, 7) is 7.30. The topological polar surface area (TPSA) is 56.2 Å². The van der Waals surface area contributed by atoms with E-state index >= 15 is 0 Å². The van der Waals surface area contributed by atoms with Crippen LogP contribution in [0.15, 0.2) is 186 Å². The lowest BCUT2D eigenvalue weighted by molar-refractivity contribution is 0.672. The fraction of sp³-hybridized carbons (Fsp3) is 0. The van der Waals surface area contributed by atoms with Gasteiger partial charge in [-0.3, -0.25) is 0 Å². The molecule has 0 fully saturated rings. The Kier molecular flexibility index (Phi) is 7.48. The standard InChI is InChI=1S/C52H30N4O/c1-53-42-25-22-35(23-26-42)34-14-18-36(19-15-34)45-31-47-46-30-41(24-27-48(46)57-49(47)44-13-7-6-12-43(44)45)52-55-50(39-20-16-32-8-2-4-10-37(32)28-39)54-51(56-52)40-21-17-33-9-3-5-11-38(33)29-40/h2-31H. The molecule has 5 heteroatoms. The molecule has 0 amide bonds. The van der Waals surface area contributed by atoms with Crippen LogP contribution in [0.2, 0.25) is 0 Å². The van der Waals surface area contributed by atoms with Gasteiger partial charge in [0.1, 0.15) is 11.2 Å². The van der Waals surface area contributed by atoms with Crippen LogP contribution in [0.3, 0.4) is 0 Å². The molecule has 0 spiro atoms. The highest BCUT2D eigenvalue weighted by Crippen LogP contribution is 2.41. The zero-order valence-corrected chi connectivity index (χ0v) is 30.5. The monoisotopic (exact) mass is 726 g/mol. The highest BCUT2D eigenvalue weighted by atomic mass is 16.3. The molecule has 0 saturated carbocycles. The molecule has 0 radical (unpaired) electrons. The number of benzene rings is 9. The second kappa shape index (κ2) is 13.1. The van der Waals surface area contributed by atoms with Gasteiger partial charge in [-0.05, 0) is 85.6 Å². The third-order valence-electron chi connectivity index (χ3n) is 10.9. The molecule has 0 aliphatic heterocycles. The predicted molar refractivity (Wildman–Crippen MR) is 233 cm³/mol. The van der Waals surface area contributed by atoms with Crippen molar-refractivity contribution in [2.45, 2.75) is 0 Å². The summed E-state index contributed by atoms with van der Waals surface area (Å²) in [5, 5.41) is 8.78. The van der Waals surface area contributed by atoms with Gasteiger partial charge in [0, 0.05) is 32.8 Å². The SMILES string of the molecule is [C-]#[N+]c1ccc(-c2ccc(-c3cc4c5cc(-c6nc(-c7ccc8ccccc8c7)nc(-c7ccc8ccccc8c7)n6)ccc5oc4c4ccccc34)cc2)cc1. The Balaban J connectivity index is 1.07. The first-order valence-electron chi connectivity index (χ1n) is 18.9. The van der Waals surface area contributed by atoms with E-state index in [0.717, 1.165) is 93.2 Å². The molecule has 2 heterocycles. The van der Waals surface area contributed by atoms with Crippen molar-refractivity contribution in [2.24, 2.45) is 0 Å². The molecule has 11 rings (SSSR count). The molecule has 0 N–H and O–H groups in total. The maximum Gasteiger partial charge on any atom is 0.187 e. The van der Waals surface area contributed by atoms with Crippen LogP contribution < -0.4 is 0 Å². The van der Waals surface area contributed by atoms with Gasteiger partial charge in [0.15, 0.2) is 23.2 Å². The Bertz CT molecular complexity index is 3320. The number of hydrogen-bond acceptors (Lipinski definition) is 4. The second-order valence-corrected chi connectivity index (χ2v) is 14.3. The quantitative estimate of drug-likeness (QED) is 0.166. The first kappa shape index (κ1) is 32.5. The van der Waals surface area contributed by atoms with Crippen LogP contribution in [-0.2, 0) is 0 Å². The Labute approximate surface area is 328 Å². The van der Waals surface area contributed by atoms with E-state index in [1.54, 1.807) is 0 Å². The maximum atomic E-state index is 7.30. The molecular weight excluding hydrogens is 697 g/mol. The predicted octanol–water partition coefficient (Wildman–Crippen LogP) is 14.1. The lowest BCUT2D eigenvalue weighted by Crippen LogP contribution is -2.00. The van der Waals surface area contributed by atoms with Crippen molar-refractivity contribution in [1.82, 2.24) is 15.0 Å². The summed E-state index contributed by atoms with van der Waals surface area (Å²) >= 11 is 0. The van der Waals surface area contributed by atoms with E-state index < -0.39 is 0 Å². The minimum Gasteiger partial charge on any atom is -0.455 e. The molecule has 0 aliphatic rings. The molecule has 264 valence electrons. The molecule has 5 nitrogen and oxygen atoms in total. The van der Waals surface area contributed by atoms with E-state index in [1.165, 1.54) is 0 Å². The van der Waals surface area contributed by atoms with Gasteiger partial charge in [-0.1, -0.05) is 146 Å². The van der Waals surface area contributed by atoms with Crippen LogP contribution in [0.25, 0.3) is 116 Å². The number of rotatable bonds is 5. The average molecular weight is 727 g/mol. The van der Waals surface area contributed by atoms with E-state index in [2.05, 4.69) is 150 Å². The normalized spacial score (nSPS) is 11.5. The summed E-state index contributed by atoms with van der Waals surface area (Å²) < 4.78 is 6.64. The highest BCUT2D eigenvalue weighted by molar-refractivity contribution is 6.19. The lowest BCUT2D eigenvalue weighted by atomic mass is 9.94. The van der Waals surface area contributed by atoms with Crippen molar-refractivity contribution in [3.8, 4) is 56.4 Å². The van der Waals surface area contributed by atoms with Crippen LogP contribution >= 0.6 is 0 Å². The number of fused-ring (bicyclic) bond motifs is 7. The van der Waals surface area contributed by atoms with Crippen molar-refractivity contribution in [3.05, 3.63) is 193 Å². The van der Waals surface area contributed by atoms with Crippen molar-refractivity contribution in [1.29, 1.82) is 0 Å². The fourth-order valence-electron chi connectivity index (χ4n) is 7.97. The van der Waals surface area contributed by atoms with Crippen molar-refractivity contribution < 1.29 is 4.42 Å². The summed E-state index contributed by atoms with van der Waals surface area (Å²) in [5.74, 6) is 1.82. The van der Waals surface area contributed by atoms with E-state index in [4.69, 9.17) is 25.9 Å². The Morgan fingerprint density at radius 1 is 0.368 bits per heavy atom. The van der Waals surface area contributed by atoms with Crippen LogP contribution in [0.1, 0.15) is 0 Å². The first-order valence-corrected chi connectivity index (χ1v) is 18.9. The number of nitrogens with zero attached hydrogens (tertiary/aromatic N) is 4. The smallest absolute Gasteiger partial charge is 0.187 e. The Morgan fingerprint density at radius 3 is 1.44 bits per heavy atom. The fourth-order valence-corrected chi connectivity index (χ4v) is 7.97. The molecule has 9 aromatic carbocycles. The van der Waals surface area contributed by atoms with Gasteiger partial charge in [0.25, 0.3) is 0 Å². The largest absolute Gasteiger partial charge is 0.455 e. The molecule has 0 atom stereocenters. The minimum atomic E-state index is 0.591. The van der Waals surface area contributed by atoms with Gasteiger partial charge in [-0.2, -0.15) is 0 Å². The molecule has 57 heavy (non-hydrogen) atoms. The van der Waals surface area contributed by atoms with Gasteiger partial charge < -0.3 is 4.42 Å². The van der Waals surface area contributed by atoms with Crippen LogP contribution in [0.5, 0.6) is 0 Å². The minimum absolute atomic E-state index is 0.591. The van der Waals surface area contributed by atoms with Gasteiger partial charge in [0.05, 0.1) is 6.57 Å². The maximum absolute atomic E-state index is 7.30. The average Bonchev–Trinajstić information content (AvgIpc) is 3.66. The van der Waals surface area contributed by atoms with E-state index in [9.17, 15) is 0 Å². The van der Waals surface area contributed by atoms with Crippen molar-refractivity contribution in [3.63, 3.8) is 0 Å². The number of furan rings is 1. The molecule has 0 unspecified atom stereocenters. The zero-order chi connectivity index (χ0) is 37.9. The third-order valence-corrected chi connectivity index (χ3v) is 10.9. The molecule has 11 aromatic rings.